The maximum atomic E-state index is 12.8. The summed E-state index contributed by atoms with van der Waals surface area (Å²) in [6.45, 7) is 0.953. The number of fused-ring (bicyclic) bond motifs is 1. The van der Waals surface area contributed by atoms with E-state index in [9.17, 15) is 13.2 Å². The van der Waals surface area contributed by atoms with Crippen molar-refractivity contribution in [3.63, 3.8) is 0 Å². The number of carboxylic acids is 1. The van der Waals surface area contributed by atoms with Gasteiger partial charge in [-0.1, -0.05) is 12.5 Å². The quantitative estimate of drug-likeness (QED) is 0.758. The number of carbonyl (C=O) groups is 1. The van der Waals surface area contributed by atoms with E-state index in [1.807, 2.05) is 0 Å². The molecule has 2 heterocycles. The molecule has 22 heavy (non-hydrogen) atoms. The van der Waals surface area contributed by atoms with Gasteiger partial charge in [0.25, 0.3) is 0 Å². The van der Waals surface area contributed by atoms with E-state index in [0.717, 1.165) is 23.6 Å². The largest absolute Gasteiger partial charge is 0.478 e. The summed E-state index contributed by atoms with van der Waals surface area (Å²) < 4.78 is 28.1. The van der Waals surface area contributed by atoms with E-state index in [-0.39, 0.29) is 12.0 Å². The Morgan fingerprint density at radius 3 is 2.64 bits per heavy atom. The normalized spacial score (nSPS) is 26.1. The minimum Gasteiger partial charge on any atom is -0.478 e. The Hall–Kier alpha value is -1.71. The third-order valence-electron chi connectivity index (χ3n) is 4.00. The highest BCUT2D eigenvalue weighted by Crippen LogP contribution is 2.30. The van der Waals surface area contributed by atoms with Gasteiger partial charge in [-0.25, -0.2) is 14.1 Å². The molecule has 2 aliphatic heterocycles. The van der Waals surface area contributed by atoms with Crippen LogP contribution in [0.25, 0.3) is 0 Å². The van der Waals surface area contributed by atoms with Crippen LogP contribution in [0.4, 0.5) is 0 Å². The Labute approximate surface area is 128 Å². The predicted molar refractivity (Wildman–Crippen MR) is 80.0 cm³/mol. The molecule has 1 saturated heterocycles. The number of aliphatic carboxylic acids is 1. The Morgan fingerprint density at radius 1 is 1.32 bits per heavy atom. The highest BCUT2D eigenvalue weighted by molar-refractivity contribution is 7.87. The lowest BCUT2D eigenvalue weighted by atomic mass is 10.0. The van der Waals surface area contributed by atoms with E-state index in [4.69, 9.17) is 10.8 Å². The van der Waals surface area contributed by atoms with Crippen LogP contribution in [0.2, 0.25) is 0 Å². The molecule has 1 atom stereocenters. The van der Waals surface area contributed by atoms with Gasteiger partial charge in [-0.05, 0) is 25.3 Å². The van der Waals surface area contributed by atoms with Crippen LogP contribution in [0.5, 0.6) is 0 Å². The number of piperidine rings is 1. The van der Waals surface area contributed by atoms with E-state index < -0.39 is 22.5 Å². The maximum Gasteiger partial charge on any atom is 0.331 e. The minimum absolute atomic E-state index is 0.155. The van der Waals surface area contributed by atoms with Gasteiger partial charge in [0.15, 0.2) is 6.29 Å². The molecule has 1 fully saturated rings. The van der Waals surface area contributed by atoms with Gasteiger partial charge in [0.1, 0.15) is 0 Å². The van der Waals surface area contributed by atoms with Crippen molar-refractivity contribution in [2.24, 2.45) is 10.7 Å². The summed E-state index contributed by atoms with van der Waals surface area (Å²) in [5.41, 5.74) is 6.74. The average molecular weight is 326 g/mol. The summed E-state index contributed by atoms with van der Waals surface area (Å²) >= 11 is 0. The minimum atomic E-state index is -3.74. The van der Waals surface area contributed by atoms with Crippen molar-refractivity contribution in [2.45, 2.75) is 32.0 Å². The molecule has 0 amide bonds. The summed E-state index contributed by atoms with van der Waals surface area (Å²) in [6.07, 6.45) is 4.75. The van der Waals surface area contributed by atoms with Gasteiger partial charge >= 0.3 is 16.2 Å². The van der Waals surface area contributed by atoms with Crippen LogP contribution in [0.3, 0.4) is 0 Å². The molecule has 0 bridgehead atoms. The third kappa shape index (κ3) is 2.44. The summed E-state index contributed by atoms with van der Waals surface area (Å²) in [7, 11) is -3.74. The molecule has 1 unspecified atom stereocenters. The van der Waals surface area contributed by atoms with E-state index in [2.05, 4.69) is 4.99 Å². The third-order valence-corrected chi connectivity index (χ3v) is 5.93. The molecule has 9 heteroatoms. The number of carboxylic acid groups (broad SMARTS) is 1. The molecule has 0 aromatic heterocycles. The van der Waals surface area contributed by atoms with Crippen molar-refractivity contribution in [1.29, 1.82) is 0 Å². The molecule has 3 rings (SSSR count). The average Bonchev–Trinajstić information content (AvgIpc) is 2.83. The monoisotopic (exact) mass is 326 g/mol. The molecule has 120 valence electrons. The van der Waals surface area contributed by atoms with Gasteiger partial charge in [0.05, 0.1) is 11.4 Å². The fourth-order valence-corrected chi connectivity index (χ4v) is 4.59. The fraction of sp³-hybridized carbons (Fsp3) is 0.538. The highest BCUT2D eigenvalue weighted by atomic mass is 32.2. The molecule has 0 saturated carbocycles. The predicted octanol–water partition coefficient (Wildman–Crippen LogP) is 0.0146. The Morgan fingerprint density at radius 2 is 2.00 bits per heavy atom. The Balaban J connectivity index is 1.90. The standard InChI is InChI=1S/C13H18N4O4S/c14-13-15-10-8-9(12(18)19)4-5-11(10)17(13)22(20,21)16-6-2-1-3-7-16/h5,8,13H,1-4,6-7,14H2,(H,18,19). The summed E-state index contributed by atoms with van der Waals surface area (Å²) in [5.74, 6) is -1.04. The smallest absolute Gasteiger partial charge is 0.331 e. The second kappa shape index (κ2) is 5.49. The molecule has 0 radical (unpaired) electrons. The Kier molecular flexibility index (Phi) is 3.79. The molecule has 0 spiro atoms. The molecule has 8 nitrogen and oxygen atoms in total. The van der Waals surface area contributed by atoms with E-state index in [1.165, 1.54) is 10.4 Å². The molecule has 1 aliphatic carbocycles. The van der Waals surface area contributed by atoms with Crippen molar-refractivity contribution >= 4 is 21.9 Å². The molecule has 3 aliphatic rings. The summed E-state index contributed by atoms with van der Waals surface area (Å²) in [5, 5.41) is 9.03. The van der Waals surface area contributed by atoms with Gasteiger partial charge < -0.3 is 5.11 Å². The maximum absolute atomic E-state index is 12.8. The molecule has 3 N–H and O–H groups in total. The fourth-order valence-electron chi connectivity index (χ4n) is 2.88. The zero-order valence-electron chi connectivity index (χ0n) is 12.0. The number of nitrogens with two attached hydrogens (primary N) is 1. The van der Waals surface area contributed by atoms with E-state index in [1.54, 1.807) is 6.08 Å². The topological polar surface area (TPSA) is 116 Å². The van der Waals surface area contributed by atoms with Crippen molar-refractivity contribution < 1.29 is 18.3 Å². The second-order valence-corrected chi connectivity index (χ2v) is 7.26. The van der Waals surface area contributed by atoms with Gasteiger partial charge in [-0.3, -0.25) is 5.73 Å². The van der Waals surface area contributed by atoms with Gasteiger partial charge in [0.2, 0.25) is 0 Å². The number of hydrogen-bond acceptors (Lipinski definition) is 5. The number of aliphatic imine (C=N–C) groups is 1. The van der Waals surface area contributed by atoms with E-state index >= 15 is 0 Å². The number of nitrogens with zero attached hydrogens (tertiary/aromatic N) is 3. The first kappa shape index (κ1) is 15.2. The van der Waals surface area contributed by atoms with Gasteiger partial charge in [-0.15, -0.1) is 0 Å². The van der Waals surface area contributed by atoms with Crippen LogP contribution in [0.15, 0.2) is 28.4 Å². The van der Waals surface area contributed by atoms with Gasteiger partial charge in [-0.2, -0.15) is 12.7 Å². The van der Waals surface area contributed by atoms with Crippen LogP contribution in [-0.4, -0.2) is 53.2 Å². The highest BCUT2D eigenvalue weighted by Gasteiger charge is 2.41. The lowest BCUT2D eigenvalue weighted by molar-refractivity contribution is -0.132. The second-order valence-electron chi connectivity index (χ2n) is 5.46. The zero-order chi connectivity index (χ0) is 15.9. The van der Waals surface area contributed by atoms with Crippen LogP contribution in [0.1, 0.15) is 25.7 Å². The number of rotatable bonds is 3. The van der Waals surface area contributed by atoms with Crippen LogP contribution < -0.4 is 5.73 Å². The lowest BCUT2D eigenvalue weighted by Gasteiger charge is -2.33. The Bertz CT molecular complexity index is 689. The van der Waals surface area contributed by atoms with Crippen LogP contribution >= 0.6 is 0 Å². The summed E-state index contributed by atoms with van der Waals surface area (Å²) in [4.78, 5) is 15.1. The van der Waals surface area contributed by atoms with Gasteiger partial charge in [0, 0.05) is 18.7 Å². The van der Waals surface area contributed by atoms with Crippen molar-refractivity contribution in [3.8, 4) is 0 Å². The molecular formula is C13H18N4O4S. The van der Waals surface area contributed by atoms with E-state index in [0.29, 0.717) is 24.5 Å². The van der Waals surface area contributed by atoms with Crippen molar-refractivity contribution in [1.82, 2.24) is 8.61 Å². The van der Waals surface area contributed by atoms with Crippen molar-refractivity contribution in [3.05, 3.63) is 23.4 Å². The zero-order valence-corrected chi connectivity index (χ0v) is 12.8. The first-order valence-corrected chi connectivity index (χ1v) is 8.58. The van der Waals surface area contributed by atoms with Crippen LogP contribution in [0, 0.1) is 0 Å². The van der Waals surface area contributed by atoms with Crippen LogP contribution in [-0.2, 0) is 15.0 Å². The van der Waals surface area contributed by atoms with Crippen molar-refractivity contribution in [2.75, 3.05) is 13.1 Å². The molecule has 0 aromatic carbocycles. The molecule has 0 aromatic rings. The SMILES string of the molecule is NC1N=C2C=C(C(=O)O)CC=C2N1S(=O)(=O)N1CCCCC1. The first-order chi connectivity index (χ1) is 10.4. The number of hydrogen-bond donors (Lipinski definition) is 2. The molecular weight excluding hydrogens is 308 g/mol. The number of allylic oxidation sites excluding steroid dienone is 2. The first-order valence-electron chi connectivity index (χ1n) is 7.18. The lowest BCUT2D eigenvalue weighted by Crippen LogP contribution is -2.50. The summed E-state index contributed by atoms with van der Waals surface area (Å²) in [6, 6.07) is 0.